The Kier molecular flexibility index (Phi) is 8.47. The Morgan fingerprint density at radius 1 is 1.09 bits per heavy atom. The van der Waals surface area contributed by atoms with E-state index >= 15 is 0 Å². The molecule has 0 radical (unpaired) electrons. The summed E-state index contributed by atoms with van der Waals surface area (Å²) in [6.45, 7) is 10.3. The molecule has 1 aromatic carbocycles. The Bertz CT molecular complexity index is 1550. The average Bonchev–Trinajstić information content (AvgIpc) is 2.91. The molecule has 2 atom stereocenters. The summed E-state index contributed by atoms with van der Waals surface area (Å²) >= 11 is 0. The van der Waals surface area contributed by atoms with Crippen molar-refractivity contribution >= 4 is 27.6 Å². The van der Waals surface area contributed by atoms with Crippen LogP contribution < -0.4 is 5.32 Å². The number of anilines is 2. The molecule has 1 aliphatic heterocycles. The van der Waals surface area contributed by atoms with Crippen molar-refractivity contribution in [1.82, 2.24) is 14.9 Å². The number of halogens is 3. The molecule has 2 heterocycles. The van der Waals surface area contributed by atoms with Crippen LogP contribution >= 0.6 is 0 Å². The number of sulfone groups is 1. The molecule has 1 aromatic heterocycles. The molecule has 1 saturated heterocycles. The second-order valence-corrected chi connectivity index (χ2v) is 16.8. The second-order valence-electron chi connectivity index (χ2n) is 14.6. The molecule has 248 valence electrons. The lowest BCUT2D eigenvalue weighted by atomic mass is 9.48. The molecule has 5 rings (SSSR count). The average molecular weight is 653 g/mol. The molecular formula is C32H43F3N4O5S. The number of carboxylic acid groups (broad SMARTS) is 1. The SMILES string of the molecule is Cc1cc(S(=O)(=O)C2CC3(CCN(C(=O)O)CC3)C2C(C)(C)C)ccc1Nc1ncc(C(F)(F)F)c(C2CCC(C)(O)CC2)n1. The highest BCUT2D eigenvalue weighted by molar-refractivity contribution is 7.92. The third kappa shape index (κ3) is 6.52. The highest BCUT2D eigenvalue weighted by Crippen LogP contribution is 2.63. The smallest absolute Gasteiger partial charge is 0.419 e. The first-order valence-corrected chi connectivity index (χ1v) is 17.0. The fourth-order valence-corrected chi connectivity index (χ4v) is 10.6. The highest BCUT2D eigenvalue weighted by Gasteiger charge is 2.62. The summed E-state index contributed by atoms with van der Waals surface area (Å²) in [6, 6.07) is 4.67. The summed E-state index contributed by atoms with van der Waals surface area (Å²) < 4.78 is 69.6. The summed E-state index contributed by atoms with van der Waals surface area (Å²) in [7, 11) is -3.74. The van der Waals surface area contributed by atoms with Gasteiger partial charge in [0.05, 0.1) is 27.0 Å². The van der Waals surface area contributed by atoms with Crippen LogP contribution in [0.25, 0.3) is 0 Å². The van der Waals surface area contributed by atoms with Crippen LogP contribution in [0, 0.1) is 23.7 Å². The van der Waals surface area contributed by atoms with Gasteiger partial charge in [-0.25, -0.2) is 23.2 Å². The first kappa shape index (κ1) is 33.4. The van der Waals surface area contributed by atoms with Crippen molar-refractivity contribution in [2.24, 2.45) is 16.7 Å². The van der Waals surface area contributed by atoms with Gasteiger partial charge in [0.2, 0.25) is 5.95 Å². The Morgan fingerprint density at radius 2 is 1.71 bits per heavy atom. The highest BCUT2D eigenvalue weighted by atomic mass is 32.2. The number of carbonyl (C=O) groups is 1. The monoisotopic (exact) mass is 652 g/mol. The molecule has 1 amide bonds. The van der Waals surface area contributed by atoms with Gasteiger partial charge in [-0.2, -0.15) is 13.2 Å². The van der Waals surface area contributed by atoms with E-state index in [0.29, 0.717) is 69.3 Å². The van der Waals surface area contributed by atoms with E-state index in [-0.39, 0.29) is 33.3 Å². The van der Waals surface area contributed by atoms with Gasteiger partial charge in [0.1, 0.15) is 0 Å². The van der Waals surface area contributed by atoms with Gasteiger partial charge in [0.15, 0.2) is 9.84 Å². The predicted molar refractivity (Wildman–Crippen MR) is 163 cm³/mol. The van der Waals surface area contributed by atoms with E-state index in [2.05, 4.69) is 15.3 Å². The van der Waals surface area contributed by atoms with Crippen LogP contribution in [0.1, 0.15) is 95.4 Å². The van der Waals surface area contributed by atoms with E-state index in [1.54, 1.807) is 26.0 Å². The van der Waals surface area contributed by atoms with E-state index in [4.69, 9.17) is 0 Å². The molecule has 45 heavy (non-hydrogen) atoms. The Labute approximate surface area is 262 Å². The molecular weight excluding hydrogens is 609 g/mol. The van der Waals surface area contributed by atoms with Gasteiger partial charge in [0.25, 0.3) is 0 Å². The number of hydrogen-bond donors (Lipinski definition) is 3. The number of amides is 1. The van der Waals surface area contributed by atoms with Crippen LogP contribution in [0.2, 0.25) is 0 Å². The fraction of sp³-hybridized carbons (Fsp3) is 0.656. The van der Waals surface area contributed by atoms with Crippen LogP contribution in [0.5, 0.6) is 0 Å². The predicted octanol–water partition coefficient (Wildman–Crippen LogP) is 6.92. The molecule has 3 N–H and O–H groups in total. The van der Waals surface area contributed by atoms with Crippen molar-refractivity contribution in [3.05, 3.63) is 41.2 Å². The van der Waals surface area contributed by atoms with Crippen LogP contribution in [0.15, 0.2) is 29.3 Å². The normalized spacial score (nSPS) is 27.2. The van der Waals surface area contributed by atoms with Crippen LogP contribution in [0.4, 0.5) is 29.6 Å². The minimum Gasteiger partial charge on any atom is -0.465 e. The maximum atomic E-state index is 14.0. The Hall–Kier alpha value is -2.93. The topological polar surface area (TPSA) is 133 Å². The number of aromatic nitrogens is 2. The van der Waals surface area contributed by atoms with Crippen molar-refractivity contribution in [3.63, 3.8) is 0 Å². The van der Waals surface area contributed by atoms with Crippen molar-refractivity contribution < 1.29 is 36.6 Å². The largest absolute Gasteiger partial charge is 0.465 e. The van der Waals surface area contributed by atoms with Gasteiger partial charge in [-0.15, -0.1) is 0 Å². The summed E-state index contributed by atoms with van der Waals surface area (Å²) in [6.07, 6.45) is -1.58. The number of likely N-dealkylation sites (tertiary alicyclic amines) is 1. The minimum atomic E-state index is -4.63. The third-order valence-electron chi connectivity index (χ3n) is 10.3. The minimum absolute atomic E-state index is 0.0181. The van der Waals surface area contributed by atoms with Crippen molar-refractivity contribution in [1.29, 1.82) is 0 Å². The second kappa shape index (κ2) is 11.4. The van der Waals surface area contributed by atoms with Gasteiger partial charge < -0.3 is 20.4 Å². The van der Waals surface area contributed by atoms with Crippen LogP contribution in [0.3, 0.4) is 0 Å². The molecule has 0 bridgehead atoms. The number of aryl methyl sites for hydroxylation is 1. The van der Waals surface area contributed by atoms with Gasteiger partial charge in [0, 0.05) is 30.9 Å². The lowest BCUT2D eigenvalue weighted by Crippen LogP contribution is -2.63. The number of alkyl halides is 3. The van der Waals surface area contributed by atoms with Gasteiger partial charge in [-0.05, 0) is 99.3 Å². The van der Waals surface area contributed by atoms with Gasteiger partial charge in [-0.1, -0.05) is 20.8 Å². The molecule has 2 saturated carbocycles. The lowest BCUT2D eigenvalue weighted by molar-refractivity contribution is -0.139. The fourth-order valence-electron chi connectivity index (χ4n) is 8.05. The van der Waals surface area contributed by atoms with Crippen molar-refractivity contribution in [2.45, 2.75) is 107 Å². The van der Waals surface area contributed by atoms with Gasteiger partial charge in [-0.3, -0.25) is 0 Å². The lowest BCUT2D eigenvalue weighted by Gasteiger charge is -2.62. The zero-order chi connectivity index (χ0) is 33.2. The quantitative estimate of drug-likeness (QED) is 0.317. The standard InChI is InChI=1S/C32H43F3N4O5S/c1-19-16-21(45(43,44)24-17-31(26(24)29(2,3)4)12-14-39(15-13-31)28(40)41)6-7-23(19)37-27-36-18-22(32(33,34)35)25(38-27)20-8-10-30(5,42)11-9-20/h6-7,16,18,20,24,26,42H,8-15,17H2,1-5H3,(H,40,41)(H,36,37,38). The number of nitrogens with zero attached hydrogens (tertiary/aromatic N) is 3. The molecule has 3 aliphatic rings. The van der Waals surface area contributed by atoms with Crippen molar-refractivity contribution in [2.75, 3.05) is 18.4 Å². The maximum absolute atomic E-state index is 14.0. The number of benzene rings is 1. The molecule has 2 aliphatic carbocycles. The first-order chi connectivity index (χ1) is 20.7. The third-order valence-corrected chi connectivity index (χ3v) is 12.5. The van der Waals surface area contributed by atoms with Crippen LogP contribution in [-0.4, -0.2) is 63.5 Å². The molecule has 2 aromatic rings. The maximum Gasteiger partial charge on any atom is 0.419 e. The number of piperidine rings is 1. The number of rotatable bonds is 5. The zero-order valence-electron chi connectivity index (χ0n) is 26.4. The molecule has 13 heteroatoms. The van der Waals surface area contributed by atoms with E-state index < -0.39 is 44.4 Å². The summed E-state index contributed by atoms with van der Waals surface area (Å²) in [5.41, 5.74) is -1.40. The Morgan fingerprint density at radius 3 is 2.24 bits per heavy atom. The van der Waals surface area contributed by atoms with E-state index in [0.717, 1.165) is 6.20 Å². The van der Waals surface area contributed by atoms with Crippen molar-refractivity contribution in [3.8, 4) is 0 Å². The van der Waals surface area contributed by atoms with E-state index in [9.17, 15) is 36.6 Å². The molecule has 3 fully saturated rings. The first-order valence-electron chi connectivity index (χ1n) is 15.5. The zero-order valence-corrected chi connectivity index (χ0v) is 27.2. The van der Waals surface area contributed by atoms with Crippen LogP contribution in [-0.2, 0) is 16.0 Å². The number of aliphatic hydroxyl groups is 1. The van der Waals surface area contributed by atoms with Gasteiger partial charge >= 0.3 is 12.3 Å². The number of nitrogens with one attached hydrogen (secondary N) is 1. The number of hydrogen-bond acceptors (Lipinski definition) is 7. The summed E-state index contributed by atoms with van der Waals surface area (Å²) in [5.74, 6) is -0.640. The van der Waals surface area contributed by atoms with E-state index in [1.807, 2.05) is 20.8 Å². The molecule has 9 nitrogen and oxygen atoms in total. The summed E-state index contributed by atoms with van der Waals surface area (Å²) in [5, 5.41) is 22.1. The molecule has 2 unspecified atom stereocenters. The molecule has 1 spiro atoms. The Balaban J connectivity index is 1.37. The van der Waals surface area contributed by atoms with E-state index in [1.165, 1.54) is 11.0 Å². The summed E-state index contributed by atoms with van der Waals surface area (Å²) in [4.78, 5) is 21.3.